The highest BCUT2D eigenvalue weighted by atomic mass is 35.5. The van der Waals surface area contributed by atoms with Gasteiger partial charge in [0, 0.05) is 35.6 Å². The summed E-state index contributed by atoms with van der Waals surface area (Å²) in [5.41, 5.74) is 1.87. The lowest BCUT2D eigenvalue weighted by Gasteiger charge is -2.15. The molecule has 6 nitrogen and oxygen atoms in total. The zero-order valence-corrected chi connectivity index (χ0v) is 14.8. The Balaban J connectivity index is 1.78. The van der Waals surface area contributed by atoms with Crippen molar-refractivity contribution in [1.29, 1.82) is 0 Å². The monoisotopic (exact) mass is 368 g/mol. The maximum absolute atomic E-state index is 12.5. The Morgan fingerprint density at radius 2 is 1.88 bits per heavy atom. The van der Waals surface area contributed by atoms with Crippen LogP contribution in [0.3, 0.4) is 0 Å². The fourth-order valence-electron chi connectivity index (χ4n) is 2.46. The van der Waals surface area contributed by atoms with Crippen LogP contribution in [0.15, 0.2) is 65.7 Å². The Morgan fingerprint density at radius 1 is 1.15 bits per heavy atom. The van der Waals surface area contributed by atoms with E-state index in [2.05, 4.69) is 15.4 Å². The van der Waals surface area contributed by atoms with Gasteiger partial charge >= 0.3 is 0 Å². The number of halogens is 1. The first-order valence-corrected chi connectivity index (χ1v) is 8.45. The van der Waals surface area contributed by atoms with Gasteiger partial charge in [0.25, 0.3) is 5.56 Å². The van der Waals surface area contributed by atoms with Crippen LogP contribution in [0.1, 0.15) is 18.5 Å². The quantitative estimate of drug-likeness (QED) is 0.751. The van der Waals surface area contributed by atoms with Crippen LogP contribution in [0, 0.1) is 0 Å². The minimum Gasteiger partial charge on any atom is -0.350 e. The van der Waals surface area contributed by atoms with E-state index in [4.69, 9.17) is 11.6 Å². The average molecular weight is 369 g/mol. The average Bonchev–Trinajstić information content (AvgIpc) is 2.67. The topological polar surface area (TPSA) is 76.9 Å². The molecule has 0 fully saturated rings. The number of carbonyl (C=O) groups excluding carboxylic acids is 1. The lowest BCUT2D eigenvalue weighted by atomic mass is 10.2. The molecule has 3 aromatic rings. The molecular weight excluding hydrogens is 352 g/mol. The zero-order valence-electron chi connectivity index (χ0n) is 14.1. The van der Waals surface area contributed by atoms with Gasteiger partial charge in [0.15, 0.2) is 0 Å². The Kier molecular flexibility index (Phi) is 5.43. The first-order chi connectivity index (χ1) is 12.6. The van der Waals surface area contributed by atoms with Crippen LogP contribution in [0.2, 0.25) is 5.02 Å². The number of benzene rings is 1. The molecule has 0 radical (unpaired) electrons. The number of hydrogen-bond donors (Lipinski definition) is 1. The number of nitrogens with one attached hydrogen (secondary N) is 1. The van der Waals surface area contributed by atoms with Crippen molar-refractivity contribution in [2.75, 3.05) is 0 Å². The standard InChI is InChI=1S/C19H17ClN4O2/c1-13(19(26)22-12-15-4-2-3-5-16(15)20)24-18(25)7-6-17(23-24)14-8-10-21-11-9-14/h2-11,13H,12H2,1H3,(H,22,26). The fourth-order valence-corrected chi connectivity index (χ4v) is 2.66. The number of pyridine rings is 1. The van der Waals surface area contributed by atoms with Crippen molar-refractivity contribution in [3.63, 3.8) is 0 Å². The molecule has 0 saturated carbocycles. The van der Waals surface area contributed by atoms with Crippen LogP contribution in [0.5, 0.6) is 0 Å². The van der Waals surface area contributed by atoms with Gasteiger partial charge in [-0.25, -0.2) is 4.68 Å². The number of nitrogens with zero attached hydrogens (tertiary/aromatic N) is 3. The van der Waals surface area contributed by atoms with Gasteiger partial charge in [-0.05, 0) is 36.8 Å². The van der Waals surface area contributed by atoms with Gasteiger partial charge < -0.3 is 5.32 Å². The van der Waals surface area contributed by atoms with E-state index in [-0.39, 0.29) is 18.0 Å². The van der Waals surface area contributed by atoms with Gasteiger partial charge in [-0.3, -0.25) is 14.6 Å². The molecule has 132 valence electrons. The summed E-state index contributed by atoms with van der Waals surface area (Å²) < 4.78 is 1.18. The van der Waals surface area contributed by atoms with E-state index in [1.165, 1.54) is 10.7 Å². The number of hydrogen-bond acceptors (Lipinski definition) is 4. The van der Waals surface area contributed by atoms with Crippen molar-refractivity contribution in [1.82, 2.24) is 20.1 Å². The summed E-state index contributed by atoms with van der Waals surface area (Å²) in [6, 6.07) is 13.1. The number of aromatic nitrogens is 3. The van der Waals surface area contributed by atoms with Crippen molar-refractivity contribution in [3.05, 3.63) is 81.9 Å². The maximum atomic E-state index is 12.5. The molecule has 0 aliphatic carbocycles. The Labute approximate surface area is 155 Å². The third kappa shape index (κ3) is 3.97. The number of carbonyl (C=O) groups is 1. The Bertz CT molecular complexity index is 973. The summed E-state index contributed by atoms with van der Waals surface area (Å²) in [4.78, 5) is 28.6. The minimum absolute atomic E-state index is 0.279. The van der Waals surface area contributed by atoms with Crippen molar-refractivity contribution < 1.29 is 4.79 Å². The van der Waals surface area contributed by atoms with Crippen molar-refractivity contribution in [3.8, 4) is 11.3 Å². The molecule has 2 heterocycles. The molecule has 0 saturated heterocycles. The van der Waals surface area contributed by atoms with E-state index in [1.54, 1.807) is 43.6 Å². The molecule has 1 aromatic carbocycles. The second-order valence-corrected chi connectivity index (χ2v) is 6.13. The molecule has 1 amide bonds. The van der Waals surface area contributed by atoms with E-state index in [9.17, 15) is 9.59 Å². The molecule has 2 aromatic heterocycles. The summed E-state index contributed by atoms with van der Waals surface area (Å²) in [6.07, 6.45) is 3.29. The van der Waals surface area contributed by atoms with Crippen molar-refractivity contribution >= 4 is 17.5 Å². The minimum atomic E-state index is -0.758. The summed E-state index contributed by atoms with van der Waals surface area (Å²) in [6.45, 7) is 1.91. The smallest absolute Gasteiger partial charge is 0.267 e. The molecule has 0 aliphatic heterocycles. The van der Waals surface area contributed by atoms with E-state index < -0.39 is 6.04 Å². The van der Waals surface area contributed by atoms with Crippen LogP contribution in [-0.2, 0) is 11.3 Å². The number of rotatable bonds is 5. The molecule has 26 heavy (non-hydrogen) atoms. The van der Waals surface area contributed by atoms with Crippen LogP contribution >= 0.6 is 11.6 Å². The molecule has 7 heteroatoms. The van der Waals surface area contributed by atoms with E-state index in [0.29, 0.717) is 10.7 Å². The molecule has 1 atom stereocenters. The number of amides is 1. The molecule has 0 bridgehead atoms. The van der Waals surface area contributed by atoms with E-state index in [1.807, 2.05) is 18.2 Å². The van der Waals surface area contributed by atoms with Gasteiger partial charge in [0.05, 0.1) is 5.69 Å². The van der Waals surface area contributed by atoms with Crippen LogP contribution in [-0.4, -0.2) is 20.7 Å². The molecule has 1 N–H and O–H groups in total. The summed E-state index contributed by atoms with van der Waals surface area (Å²) in [5, 5.41) is 7.70. The predicted octanol–water partition coefficient (Wildman–Crippen LogP) is 2.84. The fraction of sp³-hybridized carbons (Fsp3) is 0.158. The highest BCUT2D eigenvalue weighted by Crippen LogP contribution is 2.16. The summed E-state index contributed by atoms with van der Waals surface area (Å²) >= 11 is 6.09. The predicted molar refractivity (Wildman–Crippen MR) is 99.7 cm³/mol. The van der Waals surface area contributed by atoms with Gasteiger partial charge in [0.1, 0.15) is 6.04 Å². The van der Waals surface area contributed by atoms with E-state index in [0.717, 1.165) is 11.1 Å². The second-order valence-electron chi connectivity index (χ2n) is 5.72. The molecule has 0 aliphatic rings. The normalized spacial score (nSPS) is 11.8. The first-order valence-electron chi connectivity index (χ1n) is 8.07. The molecular formula is C19H17ClN4O2. The summed E-state index contributed by atoms with van der Waals surface area (Å²) in [5.74, 6) is -0.314. The zero-order chi connectivity index (χ0) is 18.5. The lowest BCUT2D eigenvalue weighted by Crippen LogP contribution is -2.36. The molecule has 3 rings (SSSR count). The Hall–Kier alpha value is -2.99. The van der Waals surface area contributed by atoms with Gasteiger partial charge in [-0.1, -0.05) is 29.8 Å². The highest BCUT2D eigenvalue weighted by Gasteiger charge is 2.18. The van der Waals surface area contributed by atoms with Gasteiger partial charge in [-0.15, -0.1) is 0 Å². The van der Waals surface area contributed by atoms with Crippen LogP contribution < -0.4 is 10.9 Å². The van der Waals surface area contributed by atoms with Crippen LogP contribution in [0.25, 0.3) is 11.3 Å². The largest absolute Gasteiger partial charge is 0.350 e. The summed E-state index contributed by atoms with van der Waals surface area (Å²) in [7, 11) is 0. The molecule has 1 unspecified atom stereocenters. The van der Waals surface area contributed by atoms with Crippen molar-refractivity contribution in [2.45, 2.75) is 19.5 Å². The first kappa shape index (κ1) is 17.8. The SMILES string of the molecule is CC(C(=O)NCc1ccccc1Cl)n1nc(-c2ccncc2)ccc1=O. The lowest BCUT2D eigenvalue weighted by molar-refractivity contribution is -0.124. The van der Waals surface area contributed by atoms with E-state index >= 15 is 0 Å². The Morgan fingerprint density at radius 3 is 2.62 bits per heavy atom. The second kappa shape index (κ2) is 7.93. The maximum Gasteiger partial charge on any atom is 0.267 e. The third-order valence-corrected chi connectivity index (χ3v) is 4.33. The molecule has 0 spiro atoms. The van der Waals surface area contributed by atoms with Crippen molar-refractivity contribution in [2.24, 2.45) is 0 Å². The van der Waals surface area contributed by atoms with Gasteiger partial charge in [-0.2, -0.15) is 5.10 Å². The highest BCUT2D eigenvalue weighted by molar-refractivity contribution is 6.31. The van der Waals surface area contributed by atoms with Gasteiger partial charge in [0.2, 0.25) is 5.91 Å². The van der Waals surface area contributed by atoms with Crippen LogP contribution in [0.4, 0.5) is 0 Å². The third-order valence-electron chi connectivity index (χ3n) is 3.96.